The van der Waals surface area contributed by atoms with Crippen molar-refractivity contribution in [2.45, 2.75) is 48.7 Å². The molecule has 0 heterocycles. The second-order valence-corrected chi connectivity index (χ2v) is 18.9. The molecule has 4 unspecified atom stereocenters. The maximum absolute atomic E-state index is 15.8. The average molecular weight is 949 g/mol. The van der Waals surface area contributed by atoms with Crippen LogP contribution in [0.1, 0.15) is 58.1 Å². The van der Waals surface area contributed by atoms with E-state index >= 15 is 4.79 Å². The third-order valence-corrected chi connectivity index (χ3v) is 14.4. The number of fused-ring (bicyclic) bond motifs is 2. The molecule has 4 N–H and O–H groups in total. The summed E-state index contributed by atoms with van der Waals surface area (Å²) in [6, 6.07) is 58.5. The molecule has 0 radical (unpaired) electrons. The molecule has 1 aliphatic rings. The third-order valence-electron chi connectivity index (χ3n) is 14.4. The third kappa shape index (κ3) is 9.91. The summed E-state index contributed by atoms with van der Waals surface area (Å²) in [4.78, 5) is 31.0. The van der Waals surface area contributed by atoms with Gasteiger partial charge in [0, 0.05) is 24.7 Å². The molecular formula is C61H60N2O8. The van der Waals surface area contributed by atoms with Crippen LogP contribution >= 0.6 is 0 Å². The highest BCUT2D eigenvalue weighted by Gasteiger charge is 2.59. The van der Waals surface area contributed by atoms with Gasteiger partial charge in [-0.2, -0.15) is 0 Å². The lowest BCUT2D eigenvalue weighted by atomic mass is 9.71. The molecule has 2 amide bonds. The molecule has 8 aromatic rings. The van der Waals surface area contributed by atoms with Gasteiger partial charge in [0.25, 0.3) is 0 Å². The molecule has 0 aliphatic heterocycles. The molecule has 10 heteroatoms. The van der Waals surface area contributed by atoms with Gasteiger partial charge in [-0.1, -0.05) is 133 Å². The molecule has 0 saturated heterocycles. The summed E-state index contributed by atoms with van der Waals surface area (Å²) >= 11 is 0. The number of aliphatic hydroxyl groups is 2. The van der Waals surface area contributed by atoms with Gasteiger partial charge in [0.15, 0.2) is 0 Å². The smallest absolute Gasteiger partial charge is 0.238 e. The quantitative estimate of drug-likeness (QED) is 0.0642. The molecule has 1 aliphatic carbocycles. The van der Waals surface area contributed by atoms with Crippen LogP contribution in [0.3, 0.4) is 0 Å². The zero-order valence-corrected chi connectivity index (χ0v) is 40.6. The van der Waals surface area contributed by atoms with Gasteiger partial charge in [0.05, 0.1) is 52.7 Å². The summed E-state index contributed by atoms with van der Waals surface area (Å²) in [6.45, 7) is -0.634. The number of benzene rings is 8. The number of hydrogen-bond donors (Lipinski definition) is 3. The van der Waals surface area contributed by atoms with Crippen molar-refractivity contribution < 1.29 is 38.7 Å². The minimum absolute atomic E-state index is 0.0480. The number of carbonyl (C=O) groups is 2. The second kappa shape index (κ2) is 20.4. The van der Waals surface area contributed by atoms with E-state index in [-0.39, 0.29) is 38.8 Å². The van der Waals surface area contributed by atoms with Crippen molar-refractivity contribution in [1.82, 2.24) is 4.90 Å². The standard InChI is InChI=1S/C61H60N2O8/c1-68-47-27-19-41(20-28-47)37-60(66,55(45-23-31-49(70-3)32-24-45)53-17-9-13-43-11-5-7-15-51(43)53)39-63(58(65)59(35-36-59)57(62)64)40-61(67,38-42-21-29-48(69-2)30-22-42)56(46-25-33-50(71-4)34-26-46)54-18-10-14-44-12-6-8-16-52(44)54/h5-34,55-56,66-67H,35-40H2,1-4H3,(H2,62,64). The Labute approximate surface area is 415 Å². The number of primary amides is 1. The predicted octanol–water partition coefficient (Wildman–Crippen LogP) is 10.0. The maximum atomic E-state index is 15.8. The molecule has 1 saturated carbocycles. The van der Waals surface area contributed by atoms with E-state index in [0.29, 0.717) is 23.0 Å². The van der Waals surface area contributed by atoms with Gasteiger partial charge >= 0.3 is 0 Å². The van der Waals surface area contributed by atoms with Gasteiger partial charge in [-0.3, -0.25) is 9.59 Å². The SMILES string of the molecule is COc1ccc(CC(O)(CN(CC(O)(Cc2ccc(OC)cc2)C(c2ccc(OC)cc2)c2cccc3ccccc23)C(=O)C2(C(N)=O)CC2)C(c2ccc(OC)cc2)c2cccc3ccccc23)cc1. The summed E-state index contributed by atoms with van der Waals surface area (Å²) in [5.74, 6) is -0.298. The Bertz CT molecular complexity index is 2930. The van der Waals surface area contributed by atoms with E-state index in [2.05, 4.69) is 0 Å². The highest BCUT2D eigenvalue weighted by Crippen LogP contribution is 2.50. The molecule has 8 aromatic carbocycles. The van der Waals surface area contributed by atoms with Crippen LogP contribution in [0.2, 0.25) is 0 Å². The van der Waals surface area contributed by atoms with Crippen molar-refractivity contribution in [1.29, 1.82) is 0 Å². The van der Waals surface area contributed by atoms with Gasteiger partial charge in [0.2, 0.25) is 11.8 Å². The van der Waals surface area contributed by atoms with Crippen molar-refractivity contribution >= 4 is 33.4 Å². The fraction of sp³-hybridized carbons (Fsp3) is 0.246. The highest BCUT2D eigenvalue weighted by molar-refractivity contribution is 6.07. The van der Waals surface area contributed by atoms with E-state index < -0.39 is 40.3 Å². The van der Waals surface area contributed by atoms with E-state index in [9.17, 15) is 15.0 Å². The average Bonchev–Trinajstić information content (AvgIpc) is 4.22. The van der Waals surface area contributed by atoms with Crippen LogP contribution in [-0.2, 0) is 22.4 Å². The largest absolute Gasteiger partial charge is 0.497 e. The fourth-order valence-electron chi connectivity index (χ4n) is 10.7. The number of nitrogens with zero attached hydrogens (tertiary/aromatic N) is 1. The lowest BCUT2D eigenvalue weighted by Gasteiger charge is -2.46. The maximum Gasteiger partial charge on any atom is 0.238 e. The van der Waals surface area contributed by atoms with E-state index in [1.165, 1.54) is 4.90 Å². The fourth-order valence-corrected chi connectivity index (χ4v) is 10.7. The first-order valence-electron chi connectivity index (χ1n) is 23.9. The topological polar surface area (TPSA) is 141 Å². The molecule has 10 nitrogen and oxygen atoms in total. The van der Waals surface area contributed by atoms with Gasteiger partial charge in [-0.05, 0) is 116 Å². The zero-order valence-electron chi connectivity index (χ0n) is 40.6. The van der Waals surface area contributed by atoms with Crippen LogP contribution in [-0.4, -0.2) is 79.7 Å². The molecule has 1 fully saturated rings. The van der Waals surface area contributed by atoms with E-state index in [0.717, 1.165) is 54.9 Å². The second-order valence-electron chi connectivity index (χ2n) is 18.9. The van der Waals surface area contributed by atoms with Crippen LogP contribution in [0, 0.1) is 5.41 Å². The van der Waals surface area contributed by atoms with Crippen molar-refractivity contribution in [2.24, 2.45) is 11.1 Å². The zero-order chi connectivity index (χ0) is 49.8. The monoisotopic (exact) mass is 948 g/mol. The highest BCUT2D eigenvalue weighted by atomic mass is 16.5. The van der Waals surface area contributed by atoms with Crippen LogP contribution in [0.15, 0.2) is 182 Å². The van der Waals surface area contributed by atoms with E-state index in [4.69, 9.17) is 24.7 Å². The Hall–Kier alpha value is -7.66. The molecule has 0 bridgehead atoms. The molecule has 0 spiro atoms. The number of hydrogen-bond acceptors (Lipinski definition) is 8. The Balaban J connectivity index is 1.29. The molecule has 362 valence electrons. The molecule has 0 aromatic heterocycles. The summed E-state index contributed by atoms with van der Waals surface area (Å²) in [7, 11) is 6.42. The molecular weight excluding hydrogens is 889 g/mol. The molecule has 4 atom stereocenters. The van der Waals surface area contributed by atoms with Gasteiger partial charge in [-0.25, -0.2) is 0 Å². The summed E-state index contributed by atoms with van der Waals surface area (Å²) in [5, 5.41) is 32.4. The number of amides is 2. The minimum atomic E-state index is -1.83. The number of nitrogens with two attached hydrogens (primary N) is 1. The molecule has 9 rings (SSSR count). The van der Waals surface area contributed by atoms with Crippen LogP contribution in [0.25, 0.3) is 21.5 Å². The number of ether oxygens (including phenoxy) is 4. The lowest BCUT2D eigenvalue weighted by Crippen LogP contribution is -2.59. The Kier molecular flexibility index (Phi) is 13.9. The first kappa shape index (κ1) is 48.4. The van der Waals surface area contributed by atoms with Crippen LogP contribution in [0.5, 0.6) is 23.0 Å². The Morgan fingerprint density at radius 1 is 0.507 bits per heavy atom. The first-order valence-corrected chi connectivity index (χ1v) is 23.9. The number of carbonyl (C=O) groups excluding carboxylic acids is 2. The minimum Gasteiger partial charge on any atom is -0.497 e. The first-order chi connectivity index (χ1) is 34.4. The normalized spacial score (nSPS) is 15.4. The van der Waals surface area contributed by atoms with Crippen LogP contribution < -0.4 is 24.7 Å². The van der Waals surface area contributed by atoms with Crippen molar-refractivity contribution in [3.05, 3.63) is 215 Å². The number of rotatable bonds is 20. The van der Waals surface area contributed by atoms with Crippen molar-refractivity contribution in [3.63, 3.8) is 0 Å². The Morgan fingerprint density at radius 3 is 1.18 bits per heavy atom. The van der Waals surface area contributed by atoms with Crippen LogP contribution in [0.4, 0.5) is 0 Å². The summed E-state index contributed by atoms with van der Waals surface area (Å²) in [5.41, 5.74) is 5.75. The summed E-state index contributed by atoms with van der Waals surface area (Å²) in [6.07, 6.45) is 0.572. The van der Waals surface area contributed by atoms with Gasteiger partial charge in [-0.15, -0.1) is 0 Å². The van der Waals surface area contributed by atoms with Crippen molar-refractivity contribution in [2.75, 3.05) is 41.5 Å². The predicted molar refractivity (Wildman–Crippen MR) is 278 cm³/mol. The van der Waals surface area contributed by atoms with E-state index in [1.807, 2.05) is 182 Å². The van der Waals surface area contributed by atoms with E-state index in [1.54, 1.807) is 28.4 Å². The number of methoxy groups -OCH3 is 4. The molecule has 71 heavy (non-hydrogen) atoms. The van der Waals surface area contributed by atoms with Crippen molar-refractivity contribution in [3.8, 4) is 23.0 Å². The lowest BCUT2D eigenvalue weighted by molar-refractivity contribution is -0.150. The summed E-state index contributed by atoms with van der Waals surface area (Å²) < 4.78 is 22.4. The Morgan fingerprint density at radius 2 is 0.845 bits per heavy atom. The van der Waals surface area contributed by atoms with Gasteiger partial charge in [0.1, 0.15) is 28.4 Å². The van der Waals surface area contributed by atoms with Gasteiger partial charge < -0.3 is 39.8 Å².